The largest absolute Gasteiger partial charge is 0.455 e. The maximum atomic E-state index is 12.8. The molecule has 1 aromatic rings. The molecular weight excluding hydrogens is 392 g/mol. The number of aryl methyl sites for hydroxylation is 2. The number of hydrogen-bond donors (Lipinski definition) is 2. The summed E-state index contributed by atoms with van der Waals surface area (Å²) in [6.07, 6.45) is 5.31. The topological polar surface area (TPSA) is 84.5 Å². The van der Waals surface area contributed by atoms with Crippen LogP contribution >= 0.6 is 11.6 Å². The lowest BCUT2D eigenvalue weighted by atomic mass is 9.49. The summed E-state index contributed by atoms with van der Waals surface area (Å²) >= 11 is 6.76. The predicted octanol–water partition coefficient (Wildman–Crippen LogP) is 4.07. The summed E-state index contributed by atoms with van der Waals surface area (Å²) < 4.78 is 5.33. The van der Waals surface area contributed by atoms with E-state index in [0.29, 0.717) is 23.9 Å². The lowest BCUT2D eigenvalue weighted by molar-refractivity contribution is -0.171. The zero-order valence-corrected chi connectivity index (χ0v) is 17.6. The number of imide groups is 1. The molecule has 156 valence electrons. The first kappa shape index (κ1) is 20.2. The second-order valence-corrected chi connectivity index (χ2v) is 10.1. The van der Waals surface area contributed by atoms with Gasteiger partial charge in [0, 0.05) is 10.6 Å². The van der Waals surface area contributed by atoms with Crippen LogP contribution < -0.4 is 10.6 Å². The Bertz CT molecular complexity index is 854. The van der Waals surface area contributed by atoms with Crippen LogP contribution in [0.2, 0.25) is 0 Å². The van der Waals surface area contributed by atoms with Crippen molar-refractivity contribution in [3.05, 3.63) is 29.3 Å². The number of hydrogen-bond acceptors (Lipinski definition) is 4. The average Bonchev–Trinajstić information content (AvgIpc) is 2.60. The van der Waals surface area contributed by atoms with Gasteiger partial charge in [-0.3, -0.25) is 14.9 Å². The zero-order valence-electron chi connectivity index (χ0n) is 16.8. The summed E-state index contributed by atoms with van der Waals surface area (Å²) in [5, 5.41) is 4.86. The number of halogens is 1. The van der Waals surface area contributed by atoms with Gasteiger partial charge in [0.05, 0.1) is 5.41 Å². The van der Waals surface area contributed by atoms with E-state index in [1.165, 1.54) is 0 Å². The van der Waals surface area contributed by atoms with Gasteiger partial charge in [-0.2, -0.15) is 0 Å². The molecule has 0 heterocycles. The fraction of sp³-hybridized carbons (Fsp3) is 0.591. The Kier molecular flexibility index (Phi) is 5.09. The Hall–Kier alpha value is -2.08. The first-order chi connectivity index (χ1) is 13.7. The van der Waals surface area contributed by atoms with Crippen molar-refractivity contribution in [3.63, 3.8) is 0 Å². The average molecular weight is 419 g/mol. The molecule has 4 saturated carbocycles. The molecule has 0 saturated heterocycles. The number of alkyl halides is 1. The number of urea groups is 1. The third-order valence-electron chi connectivity index (χ3n) is 6.64. The first-order valence-electron chi connectivity index (χ1n) is 10.2. The molecule has 2 unspecified atom stereocenters. The van der Waals surface area contributed by atoms with Crippen molar-refractivity contribution in [2.45, 2.75) is 57.2 Å². The molecule has 29 heavy (non-hydrogen) atoms. The summed E-state index contributed by atoms with van der Waals surface area (Å²) in [5.41, 5.74) is 2.04. The van der Waals surface area contributed by atoms with Gasteiger partial charge in [-0.05, 0) is 75.8 Å². The highest BCUT2D eigenvalue weighted by molar-refractivity contribution is 6.24. The Morgan fingerprint density at radius 3 is 2.45 bits per heavy atom. The highest BCUT2D eigenvalue weighted by Gasteiger charge is 2.60. The minimum absolute atomic E-state index is 0.294. The molecule has 0 spiro atoms. The molecular formula is C22H27ClN2O4. The second-order valence-electron chi connectivity index (χ2n) is 9.29. The van der Waals surface area contributed by atoms with Crippen molar-refractivity contribution in [1.29, 1.82) is 0 Å². The predicted molar refractivity (Wildman–Crippen MR) is 110 cm³/mol. The molecule has 4 fully saturated rings. The van der Waals surface area contributed by atoms with Gasteiger partial charge in [-0.15, -0.1) is 11.6 Å². The monoisotopic (exact) mass is 418 g/mol. The van der Waals surface area contributed by atoms with Gasteiger partial charge in [0.25, 0.3) is 5.91 Å². The first-order valence-corrected chi connectivity index (χ1v) is 10.6. The molecule has 5 rings (SSSR count). The number of carbonyl (C=O) groups is 3. The van der Waals surface area contributed by atoms with Gasteiger partial charge in [0.2, 0.25) is 0 Å². The van der Waals surface area contributed by atoms with E-state index in [4.69, 9.17) is 16.3 Å². The van der Waals surface area contributed by atoms with Gasteiger partial charge < -0.3 is 10.1 Å². The molecule has 0 radical (unpaired) electrons. The molecule has 2 N–H and O–H groups in total. The number of anilines is 1. The van der Waals surface area contributed by atoms with Gasteiger partial charge in [-0.1, -0.05) is 17.7 Å². The quantitative estimate of drug-likeness (QED) is 0.570. The normalized spacial score (nSPS) is 32.0. The van der Waals surface area contributed by atoms with E-state index in [1.54, 1.807) is 6.07 Å². The van der Waals surface area contributed by atoms with E-state index in [0.717, 1.165) is 43.2 Å². The van der Waals surface area contributed by atoms with Gasteiger partial charge in [-0.25, -0.2) is 4.79 Å². The van der Waals surface area contributed by atoms with Crippen molar-refractivity contribution in [2.24, 2.45) is 17.3 Å². The van der Waals surface area contributed by atoms with Crippen molar-refractivity contribution in [1.82, 2.24) is 5.32 Å². The van der Waals surface area contributed by atoms with Gasteiger partial charge in [0.15, 0.2) is 6.61 Å². The van der Waals surface area contributed by atoms with Crippen LogP contribution in [0.3, 0.4) is 0 Å². The van der Waals surface area contributed by atoms with E-state index in [1.807, 2.05) is 26.0 Å². The number of ether oxygens (including phenoxy) is 1. The van der Waals surface area contributed by atoms with Crippen molar-refractivity contribution in [2.75, 3.05) is 11.9 Å². The second kappa shape index (κ2) is 7.31. The molecule has 6 nitrogen and oxygen atoms in total. The molecule has 3 amide bonds. The van der Waals surface area contributed by atoms with Crippen LogP contribution in [0, 0.1) is 31.1 Å². The minimum atomic E-state index is -0.647. The van der Waals surface area contributed by atoms with Crippen molar-refractivity contribution in [3.8, 4) is 0 Å². The summed E-state index contributed by atoms with van der Waals surface area (Å²) in [6, 6.07) is 4.95. The number of carbonyl (C=O) groups excluding carboxylic acids is 3. The lowest BCUT2D eigenvalue weighted by Crippen LogP contribution is -2.56. The van der Waals surface area contributed by atoms with Gasteiger partial charge >= 0.3 is 12.0 Å². The zero-order chi connectivity index (χ0) is 20.8. The van der Waals surface area contributed by atoms with Gasteiger partial charge in [0.1, 0.15) is 0 Å². The van der Waals surface area contributed by atoms with Crippen molar-refractivity contribution >= 4 is 35.2 Å². The lowest BCUT2D eigenvalue weighted by Gasteiger charge is -2.58. The minimum Gasteiger partial charge on any atom is -0.455 e. The summed E-state index contributed by atoms with van der Waals surface area (Å²) in [5.74, 6) is -0.0511. The van der Waals surface area contributed by atoms with Crippen LogP contribution in [0.1, 0.15) is 49.7 Å². The third kappa shape index (κ3) is 4.13. The molecule has 4 aliphatic carbocycles. The number of nitrogens with one attached hydrogen (secondary N) is 2. The Morgan fingerprint density at radius 2 is 1.83 bits per heavy atom. The summed E-state index contributed by atoms with van der Waals surface area (Å²) in [4.78, 5) is 36.7. The Balaban J connectivity index is 1.29. The van der Waals surface area contributed by atoms with E-state index in [2.05, 4.69) is 10.6 Å². The number of benzene rings is 1. The maximum absolute atomic E-state index is 12.8. The van der Waals surface area contributed by atoms with Crippen LogP contribution in [0.15, 0.2) is 18.2 Å². The molecule has 4 aliphatic rings. The fourth-order valence-corrected chi connectivity index (χ4v) is 6.64. The molecule has 0 aliphatic heterocycles. The fourth-order valence-electron chi connectivity index (χ4n) is 5.94. The van der Waals surface area contributed by atoms with Crippen LogP contribution in [0.25, 0.3) is 0 Å². The van der Waals surface area contributed by atoms with Crippen LogP contribution in [0.5, 0.6) is 0 Å². The number of rotatable bonds is 4. The highest BCUT2D eigenvalue weighted by atomic mass is 35.5. The van der Waals surface area contributed by atoms with E-state index >= 15 is 0 Å². The number of amides is 3. The summed E-state index contributed by atoms with van der Waals surface area (Å²) in [7, 11) is 0. The van der Waals surface area contributed by atoms with Crippen LogP contribution in [-0.2, 0) is 14.3 Å². The van der Waals surface area contributed by atoms with Crippen molar-refractivity contribution < 1.29 is 19.1 Å². The standard InChI is InChI=1S/C22H27ClN2O4/c1-13-3-4-17(14(2)5-13)24-20(28)25-18(26)11-29-19(27)21-7-15-6-16(8-21)10-22(23,9-15)12-21/h3-5,15-16H,6-12H2,1-2H3,(H2,24,25,26,28)/t15-,16+,21?,22?. The number of esters is 1. The SMILES string of the molecule is Cc1ccc(NC(=O)NC(=O)COC(=O)C23C[C@@H]4C[C@@H](CC(Cl)(C4)C2)C3)c(C)c1. The molecule has 0 aromatic heterocycles. The van der Waals surface area contributed by atoms with E-state index in [9.17, 15) is 14.4 Å². The smallest absolute Gasteiger partial charge is 0.325 e. The molecule has 4 bridgehead atoms. The molecule has 4 atom stereocenters. The van der Waals surface area contributed by atoms with Crippen LogP contribution in [-0.4, -0.2) is 29.4 Å². The summed E-state index contributed by atoms with van der Waals surface area (Å²) in [6.45, 7) is 3.37. The molecule has 7 heteroatoms. The van der Waals surface area contributed by atoms with Crippen LogP contribution in [0.4, 0.5) is 10.5 Å². The Labute approximate surface area is 175 Å². The third-order valence-corrected chi connectivity index (χ3v) is 7.08. The Morgan fingerprint density at radius 1 is 1.14 bits per heavy atom. The molecule has 1 aromatic carbocycles. The highest BCUT2D eigenvalue weighted by Crippen LogP contribution is 2.64. The van der Waals surface area contributed by atoms with E-state index < -0.39 is 24.0 Å². The maximum Gasteiger partial charge on any atom is 0.325 e. The van der Waals surface area contributed by atoms with E-state index in [-0.39, 0.29) is 10.8 Å².